The van der Waals surface area contributed by atoms with E-state index in [1.807, 2.05) is 6.92 Å². The number of carbonyl (C=O) groups is 1. The lowest BCUT2D eigenvalue weighted by atomic mass is 10.1. The first kappa shape index (κ1) is 18.3. The highest BCUT2D eigenvalue weighted by atomic mass is 35.5. The summed E-state index contributed by atoms with van der Waals surface area (Å²) in [5.74, 6) is 0.234. The smallest absolute Gasteiger partial charge is 0.258 e. The molecule has 0 saturated carbocycles. The number of nitrogens with one attached hydrogen (secondary N) is 1. The Morgan fingerprint density at radius 2 is 1.88 bits per heavy atom. The minimum absolute atomic E-state index is 0.133. The summed E-state index contributed by atoms with van der Waals surface area (Å²) in [5.41, 5.74) is 0.804. The summed E-state index contributed by atoms with van der Waals surface area (Å²) in [5, 5.41) is 3.33. The number of hydrogen-bond acceptors (Lipinski definition) is 4. The monoisotopic (exact) mass is 367 g/mol. The molecule has 0 aliphatic heterocycles. The van der Waals surface area contributed by atoms with Crippen molar-refractivity contribution in [3.05, 3.63) is 59.1 Å². The quantitative estimate of drug-likeness (QED) is 0.851. The summed E-state index contributed by atoms with van der Waals surface area (Å²) in [4.78, 5) is 12.2. The SMILES string of the molecule is C[C@H](NC(=O)COc1cccc(Cl)c1)c1ccc(S(C)(=O)=O)cc1. The zero-order valence-electron chi connectivity index (χ0n) is 13.3. The van der Waals surface area contributed by atoms with E-state index >= 15 is 0 Å². The Hall–Kier alpha value is -2.05. The second-order valence-electron chi connectivity index (χ2n) is 5.38. The lowest BCUT2D eigenvalue weighted by molar-refractivity contribution is -0.123. The highest BCUT2D eigenvalue weighted by Crippen LogP contribution is 2.18. The van der Waals surface area contributed by atoms with Crippen molar-refractivity contribution in [1.82, 2.24) is 5.32 Å². The maximum Gasteiger partial charge on any atom is 0.258 e. The van der Waals surface area contributed by atoms with E-state index in [1.54, 1.807) is 36.4 Å². The highest BCUT2D eigenvalue weighted by molar-refractivity contribution is 7.90. The zero-order chi connectivity index (χ0) is 17.7. The van der Waals surface area contributed by atoms with Crippen molar-refractivity contribution in [2.45, 2.75) is 17.9 Å². The lowest BCUT2D eigenvalue weighted by Gasteiger charge is -2.15. The molecule has 0 aliphatic rings. The molecule has 128 valence electrons. The van der Waals surface area contributed by atoms with Gasteiger partial charge in [0.25, 0.3) is 5.91 Å². The fourth-order valence-corrected chi connectivity index (χ4v) is 2.89. The van der Waals surface area contributed by atoms with Gasteiger partial charge in [-0.15, -0.1) is 0 Å². The van der Waals surface area contributed by atoms with E-state index in [2.05, 4.69) is 5.32 Å². The molecule has 0 bridgehead atoms. The molecule has 24 heavy (non-hydrogen) atoms. The first-order chi connectivity index (χ1) is 11.3. The molecule has 7 heteroatoms. The molecule has 0 saturated heterocycles. The van der Waals surface area contributed by atoms with Crippen molar-refractivity contribution >= 4 is 27.3 Å². The number of halogens is 1. The Morgan fingerprint density at radius 1 is 1.21 bits per heavy atom. The third kappa shape index (κ3) is 5.25. The topological polar surface area (TPSA) is 72.5 Å². The van der Waals surface area contributed by atoms with Crippen LogP contribution in [0.3, 0.4) is 0 Å². The van der Waals surface area contributed by atoms with Crippen molar-refractivity contribution in [3.63, 3.8) is 0 Å². The van der Waals surface area contributed by atoms with Crippen LogP contribution in [0, 0.1) is 0 Å². The molecule has 0 radical (unpaired) electrons. The largest absolute Gasteiger partial charge is 0.484 e. The van der Waals surface area contributed by atoms with Gasteiger partial charge in [0, 0.05) is 11.3 Å². The molecule has 2 aromatic rings. The zero-order valence-corrected chi connectivity index (χ0v) is 14.9. The predicted molar refractivity (Wildman–Crippen MR) is 93.1 cm³/mol. The van der Waals surface area contributed by atoms with Crippen LogP contribution in [-0.4, -0.2) is 27.2 Å². The van der Waals surface area contributed by atoms with Crippen LogP contribution in [0.5, 0.6) is 5.75 Å². The van der Waals surface area contributed by atoms with Crippen LogP contribution in [0.4, 0.5) is 0 Å². The van der Waals surface area contributed by atoms with Gasteiger partial charge in [0.1, 0.15) is 5.75 Å². The fourth-order valence-electron chi connectivity index (χ4n) is 2.08. The predicted octanol–water partition coefficient (Wildman–Crippen LogP) is 3.00. The minimum Gasteiger partial charge on any atom is -0.484 e. The van der Waals surface area contributed by atoms with Gasteiger partial charge in [-0.3, -0.25) is 4.79 Å². The maximum atomic E-state index is 11.9. The summed E-state index contributed by atoms with van der Waals surface area (Å²) in [6.07, 6.45) is 1.15. The van der Waals surface area contributed by atoms with E-state index < -0.39 is 9.84 Å². The third-order valence-corrected chi connectivity index (χ3v) is 4.72. The number of benzene rings is 2. The van der Waals surface area contributed by atoms with Gasteiger partial charge in [0.2, 0.25) is 0 Å². The Labute approximate surface area is 146 Å². The molecular weight excluding hydrogens is 350 g/mol. The molecule has 0 aliphatic carbocycles. The van der Waals surface area contributed by atoms with Crippen molar-refractivity contribution < 1.29 is 17.9 Å². The van der Waals surface area contributed by atoms with Crippen molar-refractivity contribution in [3.8, 4) is 5.75 Å². The standard InChI is InChI=1S/C17H18ClNO4S/c1-12(13-6-8-16(9-7-13)24(2,21)22)19-17(20)11-23-15-5-3-4-14(18)10-15/h3-10,12H,11H2,1-2H3,(H,19,20)/t12-/m0/s1. The van der Waals surface area contributed by atoms with Crippen molar-refractivity contribution in [1.29, 1.82) is 0 Å². The molecule has 0 unspecified atom stereocenters. The van der Waals surface area contributed by atoms with Crippen LogP contribution < -0.4 is 10.1 Å². The van der Waals surface area contributed by atoms with E-state index in [-0.39, 0.29) is 23.5 Å². The van der Waals surface area contributed by atoms with E-state index in [1.165, 1.54) is 12.1 Å². The summed E-state index contributed by atoms with van der Waals surface area (Å²) in [6.45, 7) is 1.68. The summed E-state index contributed by atoms with van der Waals surface area (Å²) in [6, 6.07) is 12.9. The van der Waals surface area contributed by atoms with Crippen LogP contribution in [0.25, 0.3) is 0 Å². The average molecular weight is 368 g/mol. The Bertz CT molecular complexity index is 819. The van der Waals surface area contributed by atoms with Gasteiger partial charge >= 0.3 is 0 Å². The normalized spacial score (nSPS) is 12.5. The van der Waals surface area contributed by atoms with Gasteiger partial charge in [-0.1, -0.05) is 29.8 Å². The lowest BCUT2D eigenvalue weighted by Crippen LogP contribution is -2.31. The molecule has 1 atom stereocenters. The van der Waals surface area contributed by atoms with Crippen LogP contribution >= 0.6 is 11.6 Å². The van der Waals surface area contributed by atoms with Crippen LogP contribution in [0.15, 0.2) is 53.4 Å². The number of ether oxygens (including phenoxy) is 1. The second-order valence-corrected chi connectivity index (χ2v) is 7.83. The molecular formula is C17H18ClNO4S. The molecule has 1 amide bonds. The number of sulfone groups is 1. The molecule has 0 heterocycles. The van der Waals surface area contributed by atoms with Gasteiger partial charge < -0.3 is 10.1 Å². The van der Waals surface area contributed by atoms with Gasteiger partial charge in [-0.25, -0.2) is 8.42 Å². The van der Waals surface area contributed by atoms with E-state index in [4.69, 9.17) is 16.3 Å². The number of carbonyl (C=O) groups excluding carboxylic acids is 1. The number of rotatable bonds is 6. The molecule has 0 spiro atoms. The first-order valence-corrected chi connectivity index (χ1v) is 9.50. The molecule has 0 aromatic heterocycles. The van der Waals surface area contributed by atoms with Crippen LogP contribution in [-0.2, 0) is 14.6 Å². The Balaban J connectivity index is 1.91. The molecule has 5 nitrogen and oxygen atoms in total. The third-order valence-electron chi connectivity index (χ3n) is 3.35. The second kappa shape index (κ2) is 7.68. The Kier molecular flexibility index (Phi) is 5.85. The maximum absolute atomic E-state index is 11.9. The van der Waals surface area contributed by atoms with Gasteiger partial charge in [-0.2, -0.15) is 0 Å². The Morgan fingerprint density at radius 3 is 2.46 bits per heavy atom. The van der Waals surface area contributed by atoms with E-state index in [9.17, 15) is 13.2 Å². The summed E-state index contributed by atoms with van der Waals surface area (Å²) in [7, 11) is -3.23. The van der Waals surface area contributed by atoms with Crippen molar-refractivity contribution in [2.75, 3.05) is 12.9 Å². The molecule has 1 N–H and O–H groups in total. The number of hydrogen-bond donors (Lipinski definition) is 1. The summed E-state index contributed by atoms with van der Waals surface area (Å²) >= 11 is 5.85. The molecule has 2 aromatic carbocycles. The fraction of sp³-hybridized carbons (Fsp3) is 0.235. The highest BCUT2D eigenvalue weighted by Gasteiger charge is 2.12. The number of amides is 1. The van der Waals surface area contributed by atoms with E-state index in [0.717, 1.165) is 11.8 Å². The molecule has 0 fully saturated rings. The average Bonchev–Trinajstić information content (AvgIpc) is 2.52. The van der Waals surface area contributed by atoms with E-state index in [0.29, 0.717) is 10.8 Å². The van der Waals surface area contributed by atoms with Crippen molar-refractivity contribution in [2.24, 2.45) is 0 Å². The summed E-state index contributed by atoms with van der Waals surface area (Å²) < 4.78 is 28.3. The van der Waals surface area contributed by atoms with Gasteiger partial charge in [0.15, 0.2) is 16.4 Å². The van der Waals surface area contributed by atoms with Crippen LogP contribution in [0.1, 0.15) is 18.5 Å². The van der Waals surface area contributed by atoms with Crippen LogP contribution in [0.2, 0.25) is 5.02 Å². The first-order valence-electron chi connectivity index (χ1n) is 7.23. The molecule has 2 rings (SSSR count). The minimum atomic E-state index is -3.23. The van der Waals surface area contributed by atoms with Gasteiger partial charge in [0.05, 0.1) is 10.9 Å². The van der Waals surface area contributed by atoms with Gasteiger partial charge in [-0.05, 0) is 42.8 Å².